The van der Waals surface area contributed by atoms with Crippen molar-refractivity contribution < 1.29 is 13.9 Å². The van der Waals surface area contributed by atoms with Gasteiger partial charge in [0.15, 0.2) is 0 Å². The smallest absolute Gasteiger partial charge is 0.336 e. The quantitative estimate of drug-likeness (QED) is 0.682. The van der Waals surface area contributed by atoms with Crippen LogP contribution in [0.2, 0.25) is 0 Å². The second-order valence-electron chi connectivity index (χ2n) is 9.47. The summed E-state index contributed by atoms with van der Waals surface area (Å²) >= 11 is 0. The van der Waals surface area contributed by atoms with E-state index in [1.807, 2.05) is 12.1 Å². The van der Waals surface area contributed by atoms with Gasteiger partial charge in [0.05, 0.1) is 6.61 Å². The van der Waals surface area contributed by atoms with Gasteiger partial charge in [-0.1, -0.05) is 27.7 Å². The summed E-state index contributed by atoms with van der Waals surface area (Å²) in [6.45, 7) is 9.70. The Bertz CT molecular complexity index is 960. The van der Waals surface area contributed by atoms with E-state index in [1.54, 1.807) is 12.1 Å². The van der Waals surface area contributed by atoms with Crippen molar-refractivity contribution >= 4 is 16.8 Å². The second kappa shape index (κ2) is 6.75. The first kappa shape index (κ1) is 19.2. The molecule has 0 bridgehead atoms. The van der Waals surface area contributed by atoms with E-state index in [9.17, 15) is 9.59 Å². The van der Waals surface area contributed by atoms with Crippen molar-refractivity contribution in [3.63, 3.8) is 0 Å². The molecular formula is C24H30O4. The van der Waals surface area contributed by atoms with Crippen molar-refractivity contribution in [2.24, 2.45) is 28.6 Å². The number of hydrogen-bond donors (Lipinski definition) is 0. The van der Waals surface area contributed by atoms with Crippen LogP contribution in [-0.4, -0.2) is 12.4 Å². The molecule has 150 valence electrons. The van der Waals surface area contributed by atoms with Gasteiger partial charge >= 0.3 is 5.63 Å². The van der Waals surface area contributed by atoms with E-state index in [-0.39, 0.29) is 22.4 Å². The predicted octanol–water partition coefficient (Wildman–Crippen LogP) is 5.23. The molecule has 1 aromatic carbocycles. The Labute approximate surface area is 166 Å². The molecule has 28 heavy (non-hydrogen) atoms. The summed E-state index contributed by atoms with van der Waals surface area (Å²) in [5.41, 5.74) is 0.257. The highest BCUT2D eigenvalue weighted by atomic mass is 16.5. The molecule has 2 aliphatic carbocycles. The number of benzene rings is 1. The maximum atomic E-state index is 12.4. The molecule has 0 saturated heterocycles. The fourth-order valence-electron chi connectivity index (χ4n) is 5.79. The topological polar surface area (TPSA) is 56.5 Å². The zero-order chi connectivity index (χ0) is 20.1. The molecule has 0 amide bonds. The molecule has 3 unspecified atom stereocenters. The summed E-state index contributed by atoms with van der Waals surface area (Å²) in [6, 6.07) is 8.86. The lowest BCUT2D eigenvalue weighted by Gasteiger charge is -2.59. The van der Waals surface area contributed by atoms with Gasteiger partial charge in [-0.25, -0.2) is 4.79 Å². The highest BCUT2D eigenvalue weighted by molar-refractivity contribution is 5.82. The molecule has 0 radical (unpaired) electrons. The largest absolute Gasteiger partial charge is 0.493 e. The molecule has 0 N–H and O–H groups in total. The minimum atomic E-state index is -0.353. The summed E-state index contributed by atoms with van der Waals surface area (Å²) in [6.07, 6.45) is 3.88. The molecule has 2 fully saturated rings. The summed E-state index contributed by atoms with van der Waals surface area (Å²) in [4.78, 5) is 23.9. The zero-order valence-corrected chi connectivity index (χ0v) is 17.3. The molecule has 4 heteroatoms. The number of ether oxygens (including phenoxy) is 1. The van der Waals surface area contributed by atoms with Crippen LogP contribution in [0.25, 0.3) is 11.0 Å². The average molecular weight is 383 g/mol. The van der Waals surface area contributed by atoms with Gasteiger partial charge in [0, 0.05) is 35.3 Å². The van der Waals surface area contributed by atoms with Crippen LogP contribution in [0, 0.1) is 28.6 Å². The molecule has 0 aliphatic heterocycles. The number of hydrogen-bond acceptors (Lipinski definition) is 4. The molecule has 1 aromatic heterocycles. The van der Waals surface area contributed by atoms with Gasteiger partial charge in [-0.05, 0) is 54.7 Å². The second-order valence-corrected chi connectivity index (χ2v) is 9.47. The molecule has 2 saturated carbocycles. The Hall–Kier alpha value is -2.10. The molecule has 4 nitrogen and oxygen atoms in total. The fourth-order valence-corrected chi connectivity index (χ4v) is 5.79. The first-order chi connectivity index (χ1) is 13.2. The third-order valence-electron chi connectivity index (χ3n) is 8.13. The lowest BCUT2D eigenvalue weighted by molar-refractivity contribution is -0.151. The van der Waals surface area contributed by atoms with Crippen LogP contribution in [0.3, 0.4) is 0 Å². The highest BCUT2D eigenvalue weighted by Gasteiger charge is 2.57. The van der Waals surface area contributed by atoms with Crippen molar-refractivity contribution in [2.75, 3.05) is 6.61 Å². The van der Waals surface area contributed by atoms with Crippen LogP contribution in [0.1, 0.15) is 53.4 Å². The van der Waals surface area contributed by atoms with E-state index in [0.717, 1.165) is 30.4 Å². The summed E-state index contributed by atoms with van der Waals surface area (Å²) in [5, 5.41) is 0.886. The van der Waals surface area contributed by atoms with Crippen molar-refractivity contribution in [2.45, 2.75) is 53.4 Å². The molecule has 2 aliphatic rings. The molecule has 4 rings (SSSR count). The Morgan fingerprint density at radius 2 is 1.86 bits per heavy atom. The normalized spacial score (nSPS) is 35.6. The summed E-state index contributed by atoms with van der Waals surface area (Å²) < 4.78 is 11.6. The van der Waals surface area contributed by atoms with Gasteiger partial charge in [-0.3, -0.25) is 4.79 Å². The third kappa shape index (κ3) is 2.98. The molecule has 1 heterocycles. The van der Waals surface area contributed by atoms with E-state index in [0.29, 0.717) is 36.2 Å². The maximum Gasteiger partial charge on any atom is 0.336 e. The van der Waals surface area contributed by atoms with Gasteiger partial charge in [0.2, 0.25) is 0 Å². The standard InChI is InChI=1S/C24H30O4/c1-15-11-12-23(3)16(2)19(25)8-9-21(23)24(15,4)14-27-18-7-5-17-6-10-22(26)28-20(17)13-18/h5-7,10,13,15-16,21H,8-9,11-12,14H2,1-4H3/t15-,16?,21?,23?,24+/m0/s1. The van der Waals surface area contributed by atoms with Crippen molar-refractivity contribution in [3.05, 3.63) is 40.8 Å². The number of rotatable bonds is 3. The highest BCUT2D eigenvalue weighted by Crippen LogP contribution is 2.61. The van der Waals surface area contributed by atoms with E-state index in [1.165, 1.54) is 6.07 Å². The van der Waals surface area contributed by atoms with Crippen LogP contribution in [0.5, 0.6) is 5.75 Å². The van der Waals surface area contributed by atoms with Crippen LogP contribution < -0.4 is 10.4 Å². The van der Waals surface area contributed by atoms with E-state index < -0.39 is 0 Å². The summed E-state index contributed by atoms with van der Waals surface area (Å²) in [5.74, 6) is 2.26. The van der Waals surface area contributed by atoms with Crippen molar-refractivity contribution in [1.82, 2.24) is 0 Å². The Kier molecular flexibility index (Phi) is 4.64. The van der Waals surface area contributed by atoms with E-state index >= 15 is 0 Å². The maximum absolute atomic E-state index is 12.4. The number of fused-ring (bicyclic) bond motifs is 2. The van der Waals surface area contributed by atoms with E-state index in [2.05, 4.69) is 27.7 Å². The molecule has 5 atom stereocenters. The fraction of sp³-hybridized carbons (Fsp3) is 0.583. The Balaban J connectivity index is 1.60. The van der Waals surface area contributed by atoms with Crippen molar-refractivity contribution in [3.8, 4) is 5.75 Å². The number of Topliss-reactive ketones (excluding diaryl/α,β-unsaturated/α-hetero) is 1. The Morgan fingerprint density at radius 3 is 2.64 bits per heavy atom. The van der Waals surface area contributed by atoms with Gasteiger partial charge in [-0.15, -0.1) is 0 Å². The molecule has 0 spiro atoms. The monoisotopic (exact) mass is 382 g/mol. The van der Waals surface area contributed by atoms with Crippen LogP contribution >= 0.6 is 0 Å². The van der Waals surface area contributed by atoms with Crippen molar-refractivity contribution in [1.29, 1.82) is 0 Å². The van der Waals surface area contributed by atoms with Crippen LogP contribution in [0.15, 0.2) is 39.5 Å². The van der Waals surface area contributed by atoms with E-state index in [4.69, 9.17) is 9.15 Å². The minimum absolute atomic E-state index is 0.00838. The average Bonchev–Trinajstić information content (AvgIpc) is 2.67. The lowest BCUT2D eigenvalue weighted by Crippen LogP contribution is -2.56. The number of ketones is 1. The van der Waals surface area contributed by atoms with Gasteiger partial charge in [0.25, 0.3) is 0 Å². The number of carbonyl (C=O) groups is 1. The number of carbonyl (C=O) groups excluding carboxylic acids is 1. The van der Waals surface area contributed by atoms with Crippen LogP contribution in [-0.2, 0) is 4.79 Å². The van der Waals surface area contributed by atoms with Gasteiger partial charge in [0.1, 0.15) is 17.1 Å². The van der Waals surface area contributed by atoms with Gasteiger partial charge < -0.3 is 9.15 Å². The Morgan fingerprint density at radius 1 is 1.11 bits per heavy atom. The third-order valence-corrected chi connectivity index (χ3v) is 8.13. The molecular weight excluding hydrogens is 352 g/mol. The zero-order valence-electron chi connectivity index (χ0n) is 17.3. The lowest BCUT2D eigenvalue weighted by atomic mass is 9.45. The first-order valence-corrected chi connectivity index (χ1v) is 10.4. The predicted molar refractivity (Wildman–Crippen MR) is 109 cm³/mol. The van der Waals surface area contributed by atoms with Crippen LogP contribution in [0.4, 0.5) is 0 Å². The summed E-state index contributed by atoms with van der Waals surface area (Å²) in [7, 11) is 0. The molecule has 2 aromatic rings. The SMILES string of the molecule is CC1C(=O)CCC2C1(C)CC[C@H](C)[C@@]2(C)COc1ccc2ccc(=O)oc2c1. The first-order valence-electron chi connectivity index (χ1n) is 10.4. The minimum Gasteiger partial charge on any atom is -0.493 e. The van der Waals surface area contributed by atoms with Gasteiger partial charge in [-0.2, -0.15) is 0 Å².